The largest absolute Gasteiger partial charge is 0.378 e. The molecule has 0 spiro atoms. The van der Waals surface area contributed by atoms with Crippen molar-refractivity contribution in [1.82, 2.24) is 65.7 Å². The summed E-state index contributed by atoms with van der Waals surface area (Å²) in [6, 6.07) is 19.9. The van der Waals surface area contributed by atoms with Crippen molar-refractivity contribution < 1.29 is 82.3 Å². The summed E-state index contributed by atoms with van der Waals surface area (Å²) < 4.78 is 138. The van der Waals surface area contributed by atoms with Gasteiger partial charge in [-0.2, -0.15) is 0 Å². The Kier molecular flexibility index (Phi) is 42.6. The van der Waals surface area contributed by atoms with Crippen molar-refractivity contribution in [3.63, 3.8) is 0 Å². The number of hydrogen-bond acceptors (Lipinski definition) is 22. The smallest absolute Gasteiger partial charge is 0.314 e. The Morgan fingerprint density at radius 1 is 0.463 bits per heavy atom. The zero-order chi connectivity index (χ0) is 88.4. The molecule has 4 aromatic carbocycles. The number of hydrogen-bond donors (Lipinski definition) is 9. The third kappa shape index (κ3) is 32.6. The van der Waals surface area contributed by atoms with Crippen LogP contribution < -0.4 is 46.1 Å². The summed E-state index contributed by atoms with van der Waals surface area (Å²) in [6.45, 7) is 14.8. The van der Waals surface area contributed by atoms with Gasteiger partial charge < -0.3 is 89.2 Å². The average molecular weight is 1900 g/mol. The number of benzene rings is 4. The number of carbonyl (C=O) groups excluding carboxylic acids is 3. The Balaban J connectivity index is 0.597. The molecule has 1 saturated heterocycles. The highest BCUT2D eigenvalue weighted by molar-refractivity contribution is 7.91. The Hall–Kier alpha value is -5.40. The van der Waals surface area contributed by atoms with Crippen molar-refractivity contribution >= 4 is 118 Å². The number of allylic oxidation sites excluding steroid dienone is 5. The predicted molar refractivity (Wildman–Crippen MR) is 478 cm³/mol. The minimum Gasteiger partial charge on any atom is -0.378 e. The summed E-state index contributed by atoms with van der Waals surface area (Å²) in [5.41, 5.74) is 7.68. The van der Waals surface area contributed by atoms with Crippen LogP contribution >= 0.6 is 69.6 Å². The highest BCUT2D eigenvalue weighted by atomic mass is 35.5. The summed E-state index contributed by atoms with van der Waals surface area (Å²) in [5.74, 6) is -0.130. The minimum atomic E-state index is -3.84. The number of likely N-dealkylation sites (tertiary alicyclic amines) is 1. The van der Waals surface area contributed by atoms with Gasteiger partial charge in [0.05, 0.1) is 129 Å². The Morgan fingerprint density at radius 2 is 0.846 bits per heavy atom. The van der Waals surface area contributed by atoms with Crippen LogP contribution in [0.25, 0.3) is 0 Å². The normalized spacial score (nSPS) is 19.6. The van der Waals surface area contributed by atoms with E-state index in [1.54, 1.807) is 55.5 Å². The number of piperidine rings is 1. The quantitative estimate of drug-likeness (QED) is 0.0188. The molecule has 0 saturated carbocycles. The lowest BCUT2D eigenvalue weighted by molar-refractivity contribution is 0.0165. The summed E-state index contributed by atoms with van der Waals surface area (Å²) in [4.78, 5) is 47.1. The van der Waals surface area contributed by atoms with Crippen molar-refractivity contribution in [2.75, 3.05) is 245 Å². The van der Waals surface area contributed by atoms with Crippen molar-refractivity contribution in [1.29, 1.82) is 0 Å². The molecule has 123 heavy (non-hydrogen) atoms. The van der Waals surface area contributed by atoms with Crippen LogP contribution in [0.15, 0.2) is 128 Å². The average Bonchev–Trinajstić information content (AvgIpc) is 0.763. The van der Waals surface area contributed by atoms with Crippen LogP contribution in [0.4, 0.5) is 14.4 Å². The van der Waals surface area contributed by atoms with E-state index in [0.29, 0.717) is 82.4 Å². The maximum atomic E-state index is 13.7. The summed E-state index contributed by atoms with van der Waals surface area (Å²) >= 11 is 39.2. The lowest BCUT2D eigenvalue weighted by Gasteiger charge is -2.44. The van der Waals surface area contributed by atoms with E-state index >= 15 is 0 Å². The molecular formula is C83H119Cl6N13O18S3. The van der Waals surface area contributed by atoms with E-state index in [4.69, 9.17) is 112 Å². The van der Waals surface area contributed by atoms with E-state index in [-0.39, 0.29) is 217 Å². The molecule has 2 aliphatic carbocycles. The van der Waals surface area contributed by atoms with Crippen LogP contribution in [-0.4, -0.2) is 312 Å². The van der Waals surface area contributed by atoms with E-state index in [9.17, 15) is 39.6 Å². The zero-order valence-electron chi connectivity index (χ0n) is 70.4. The third-order valence-electron chi connectivity index (χ3n) is 21.4. The van der Waals surface area contributed by atoms with Crippen molar-refractivity contribution in [2.45, 2.75) is 65.6 Å². The molecule has 9 N–H and O–H groups in total. The van der Waals surface area contributed by atoms with E-state index < -0.39 is 52.9 Å². The van der Waals surface area contributed by atoms with Gasteiger partial charge in [0.1, 0.15) is 4.75 Å². The van der Waals surface area contributed by atoms with Gasteiger partial charge in [0.2, 0.25) is 30.1 Å². The molecule has 9 rings (SSSR count). The van der Waals surface area contributed by atoms with Gasteiger partial charge in [-0.1, -0.05) is 119 Å². The van der Waals surface area contributed by atoms with Crippen LogP contribution in [0.3, 0.4) is 0 Å². The van der Waals surface area contributed by atoms with Gasteiger partial charge in [-0.25, -0.2) is 53.8 Å². The van der Waals surface area contributed by atoms with Gasteiger partial charge in [0.15, 0.2) is 0 Å². The number of nitrogens with one attached hydrogen (secondary N) is 9. The summed E-state index contributed by atoms with van der Waals surface area (Å²) in [6.07, 6.45) is 7.86. The third-order valence-corrected chi connectivity index (χ3v) is 28.3. The molecule has 0 radical (unpaired) electrons. The number of carbonyl (C=O) groups is 3. The van der Waals surface area contributed by atoms with Crippen molar-refractivity contribution in [2.24, 2.45) is 11.8 Å². The first kappa shape index (κ1) is 101. The van der Waals surface area contributed by atoms with E-state index in [0.717, 1.165) is 57.6 Å². The van der Waals surface area contributed by atoms with Crippen molar-refractivity contribution in [3.8, 4) is 0 Å². The zero-order valence-corrected chi connectivity index (χ0v) is 77.4. The number of halogens is 6. The fraction of sp³-hybridized carbons (Fsp3) is 0.578. The van der Waals surface area contributed by atoms with Crippen molar-refractivity contribution in [3.05, 3.63) is 172 Å². The van der Waals surface area contributed by atoms with Gasteiger partial charge in [0, 0.05) is 166 Å². The van der Waals surface area contributed by atoms with Gasteiger partial charge >= 0.3 is 18.1 Å². The molecule has 40 heteroatoms. The number of rotatable bonds is 54. The van der Waals surface area contributed by atoms with E-state index in [1.165, 1.54) is 0 Å². The van der Waals surface area contributed by atoms with Crippen LogP contribution in [0, 0.1) is 11.8 Å². The van der Waals surface area contributed by atoms with Gasteiger partial charge in [-0.05, 0) is 145 Å². The molecule has 5 aliphatic rings. The maximum absolute atomic E-state index is 13.7. The number of nitrogens with zero attached hydrogens (tertiary/aromatic N) is 4. The SMILES string of the molecule is CC1C(Cl)=CC(Cl)=C2CN(C)C[C@@H](c3cccc(S(=O)(=O)NCCOCCOCCOCCNC(=O)NCCN(CCNC(=O)NCCOCCOCCOCCNS(=O)(=O)c4cccc([C@@H]5CN(C)Cc6c(Cl)cc(Cl)cc65)c4)CCNC(=O)NCCOCCOCCOCCNS(=O)(=O)C4(C)C=C([C@@H]5CN(C)Cc6c(Cl)cc(Cl)cc65)C=CC4)c3)C21. The predicted octanol–water partition coefficient (Wildman–Crippen LogP) is 8.19. The molecule has 3 unspecified atom stereocenters. The fourth-order valence-corrected chi connectivity index (χ4v) is 20.3. The Labute approximate surface area is 754 Å². The fourth-order valence-electron chi connectivity index (χ4n) is 15.1. The van der Waals surface area contributed by atoms with Crippen LogP contribution in [0.1, 0.15) is 71.4 Å². The number of fused-ring (bicyclic) bond motifs is 3. The minimum absolute atomic E-state index is 0.00444. The second kappa shape index (κ2) is 51.7. The standard InChI is InChI=1S/C83H119Cl6N13O18S3/c1-59-75(86)51-78(89)74-58-101(5)55-71(79(59)74)61-10-7-13-66(46-61)122(108,109)97-22-31-116-37-43-119-40-34-113-28-19-94-81(104)91-16-25-102(24-15-90-80(103)93-18-27-112-33-39-118-42-36-115-30-21-96-121(106,107)65-12-6-9-60(45-65)69-53-99(3)56-72-67(69)47-63(84)49-76(72)87)26-17-92-82(105)95-20-29-114-35-41-120-44-38-117-32-23-98-123(110,111)83(2)14-8-11-62(52-83)70-54-100(4)57-73-68(70)48-64(85)50-77(73)88/h6-13,45-52,59,69-71,79,96-98H,14-44,53-58H2,1-5H3,(H2,90,93,103)(H2,91,94,104)(H2,92,95,105)/t59?,69-,70-,71-,79?,83?/m0/s1. The molecule has 0 aromatic heterocycles. The number of urea groups is 3. The molecule has 3 aliphatic heterocycles. The number of likely N-dealkylation sites (N-methyl/N-ethyl adjacent to an activating group) is 3. The van der Waals surface area contributed by atoms with Gasteiger partial charge in [-0.15, -0.1) is 0 Å². The number of amides is 6. The Morgan fingerprint density at radius 3 is 1.30 bits per heavy atom. The first-order chi connectivity index (χ1) is 59.0. The molecular weight excluding hydrogens is 1780 g/mol. The van der Waals surface area contributed by atoms with Crippen LogP contribution in [0.5, 0.6) is 0 Å². The van der Waals surface area contributed by atoms with Gasteiger partial charge in [-0.3, -0.25) is 4.90 Å². The first-order valence-corrected chi connectivity index (χ1v) is 48.0. The highest BCUT2D eigenvalue weighted by Gasteiger charge is 2.42. The summed E-state index contributed by atoms with van der Waals surface area (Å²) in [5, 5.41) is 20.3. The van der Waals surface area contributed by atoms with Crippen LogP contribution in [-0.2, 0) is 85.8 Å². The molecule has 6 atom stereocenters. The topological polar surface area (TPSA) is 358 Å². The Bertz CT molecular complexity index is 4590. The molecule has 4 aromatic rings. The highest BCUT2D eigenvalue weighted by Crippen LogP contribution is 2.49. The molecule has 1 fully saturated rings. The first-order valence-electron chi connectivity index (χ1n) is 41.3. The lowest BCUT2D eigenvalue weighted by atomic mass is 9.69. The van der Waals surface area contributed by atoms with E-state index in [1.807, 2.05) is 74.6 Å². The van der Waals surface area contributed by atoms with Crippen LogP contribution in [0.2, 0.25) is 20.1 Å². The molecule has 6 amide bonds. The number of sulfonamides is 3. The maximum Gasteiger partial charge on any atom is 0.314 e. The second-order valence-electron chi connectivity index (χ2n) is 30.7. The molecule has 0 bridgehead atoms. The summed E-state index contributed by atoms with van der Waals surface area (Å²) in [7, 11) is -5.44. The van der Waals surface area contributed by atoms with Gasteiger partial charge in [0.25, 0.3) is 0 Å². The second-order valence-corrected chi connectivity index (χ2v) is 39.0. The molecule has 3 heterocycles. The number of ether oxygens (including phenoxy) is 9. The molecule has 31 nitrogen and oxygen atoms in total. The lowest BCUT2D eigenvalue weighted by Crippen LogP contribution is -2.47. The monoisotopic (exact) mass is 1890 g/mol. The van der Waals surface area contributed by atoms with E-state index in [2.05, 4.69) is 67.7 Å². The molecule has 684 valence electrons.